The van der Waals surface area contributed by atoms with E-state index < -0.39 is 22.6 Å². The molecule has 2 aliphatic carbocycles. The number of hydrogen-bond donors (Lipinski definition) is 2. The third-order valence-corrected chi connectivity index (χ3v) is 6.47. The molecule has 1 heterocycles. The molecule has 0 spiro atoms. The first kappa shape index (κ1) is 17.9. The molecular formula is C20H26O5. The van der Waals surface area contributed by atoms with Crippen LogP contribution in [0, 0.1) is 11.3 Å². The topological polar surface area (TPSA) is 83.8 Å². The lowest BCUT2D eigenvalue weighted by Gasteiger charge is -2.52. The SMILES string of the molecule is CC1=CC[C@@]23CC[C@@H]([C@@](C)(/C=C/C=C(\C)C(=O)O)OC2=O)[C@@]3(O)CC1. The van der Waals surface area contributed by atoms with E-state index >= 15 is 0 Å². The zero-order valence-corrected chi connectivity index (χ0v) is 15.0. The number of cyclic esters (lactones) is 1. The monoisotopic (exact) mass is 346 g/mol. The molecule has 4 atom stereocenters. The average Bonchev–Trinajstić information content (AvgIpc) is 2.69. The highest BCUT2D eigenvalue weighted by Crippen LogP contribution is 2.63. The van der Waals surface area contributed by atoms with Crippen LogP contribution in [-0.2, 0) is 14.3 Å². The van der Waals surface area contributed by atoms with Gasteiger partial charge in [0.25, 0.3) is 0 Å². The van der Waals surface area contributed by atoms with Crippen LogP contribution in [0.1, 0.15) is 52.9 Å². The molecule has 2 fully saturated rings. The molecule has 2 bridgehead atoms. The molecular weight excluding hydrogens is 320 g/mol. The molecule has 0 aromatic carbocycles. The van der Waals surface area contributed by atoms with E-state index in [4.69, 9.17) is 9.84 Å². The standard InChI is InChI=1S/C20H26O5/c1-13-6-10-19-11-8-15(20(19,24)12-7-13)18(3,25-17(19)23)9-4-5-14(2)16(21)22/h4-6,9,15,24H,7-8,10-12H2,1-3H3,(H,21,22)/b9-4+,14-5+/t15-,18+,19+,20-/m0/s1. The Morgan fingerprint density at radius 1 is 1.40 bits per heavy atom. The summed E-state index contributed by atoms with van der Waals surface area (Å²) < 4.78 is 5.83. The summed E-state index contributed by atoms with van der Waals surface area (Å²) in [5, 5.41) is 20.6. The van der Waals surface area contributed by atoms with E-state index in [-0.39, 0.29) is 17.5 Å². The largest absolute Gasteiger partial charge is 0.478 e. The third kappa shape index (κ3) is 2.56. The number of rotatable bonds is 3. The number of aliphatic carboxylic acids is 1. The van der Waals surface area contributed by atoms with E-state index in [1.807, 2.05) is 13.8 Å². The smallest absolute Gasteiger partial charge is 0.331 e. The number of carbonyl (C=O) groups excluding carboxylic acids is 1. The molecule has 0 aromatic rings. The van der Waals surface area contributed by atoms with Crippen LogP contribution in [0.5, 0.6) is 0 Å². The van der Waals surface area contributed by atoms with Gasteiger partial charge in [-0.2, -0.15) is 0 Å². The van der Waals surface area contributed by atoms with Gasteiger partial charge in [0.2, 0.25) is 0 Å². The highest BCUT2D eigenvalue weighted by Gasteiger charge is 2.71. The van der Waals surface area contributed by atoms with Gasteiger partial charge in [-0.3, -0.25) is 4.79 Å². The maximum absolute atomic E-state index is 12.9. The molecule has 5 nitrogen and oxygen atoms in total. The van der Waals surface area contributed by atoms with Gasteiger partial charge in [0.05, 0.1) is 5.60 Å². The Labute approximate surface area is 148 Å². The minimum Gasteiger partial charge on any atom is -0.478 e. The van der Waals surface area contributed by atoms with Gasteiger partial charge in [0.1, 0.15) is 11.0 Å². The van der Waals surface area contributed by atoms with Crippen LogP contribution in [-0.4, -0.2) is 33.4 Å². The second-order valence-electron chi connectivity index (χ2n) is 7.94. The predicted molar refractivity (Wildman–Crippen MR) is 92.7 cm³/mol. The van der Waals surface area contributed by atoms with Crippen LogP contribution in [0.25, 0.3) is 0 Å². The van der Waals surface area contributed by atoms with Gasteiger partial charge < -0.3 is 14.9 Å². The van der Waals surface area contributed by atoms with Gasteiger partial charge in [-0.25, -0.2) is 4.79 Å². The maximum atomic E-state index is 12.9. The van der Waals surface area contributed by atoms with Crippen molar-refractivity contribution >= 4 is 11.9 Å². The highest BCUT2D eigenvalue weighted by molar-refractivity contribution is 5.86. The van der Waals surface area contributed by atoms with Gasteiger partial charge >= 0.3 is 11.9 Å². The zero-order valence-electron chi connectivity index (χ0n) is 15.0. The van der Waals surface area contributed by atoms with Crippen LogP contribution in [0.4, 0.5) is 0 Å². The Morgan fingerprint density at radius 3 is 2.80 bits per heavy atom. The van der Waals surface area contributed by atoms with Crippen molar-refractivity contribution in [3.05, 3.63) is 35.5 Å². The first-order chi connectivity index (χ1) is 11.6. The molecule has 0 aromatic heterocycles. The number of hydrogen-bond acceptors (Lipinski definition) is 4. The highest BCUT2D eigenvalue weighted by atomic mass is 16.6. The Morgan fingerprint density at radius 2 is 2.12 bits per heavy atom. The molecule has 3 rings (SSSR count). The molecule has 5 heteroatoms. The molecule has 3 aliphatic rings. The maximum Gasteiger partial charge on any atom is 0.331 e. The minimum atomic E-state index is -1.08. The first-order valence-electron chi connectivity index (χ1n) is 8.85. The molecule has 0 unspecified atom stereocenters. The number of aliphatic hydroxyl groups is 1. The van der Waals surface area contributed by atoms with Crippen molar-refractivity contribution in [2.24, 2.45) is 11.3 Å². The quantitative estimate of drug-likeness (QED) is 0.355. The van der Waals surface area contributed by atoms with E-state index in [1.54, 1.807) is 12.2 Å². The molecule has 1 saturated carbocycles. The number of carbonyl (C=O) groups is 2. The van der Waals surface area contributed by atoms with Crippen LogP contribution in [0.2, 0.25) is 0 Å². The summed E-state index contributed by atoms with van der Waals surface area (Å²) >= 11 is 0. The van der Waals surface area contributed by atoms with Crippen molar-refractivity contribution in [2.75, 3.05) is 0 Å². The lowest BCUT2D eigenvalue weighted by Crippen LogP contribution is -2.63. The molecule has 0 amide bonds. The number of ether oxygens (including phenoxy) is 1. The van der Waals surface area contributed by atoms with E-state index in [0.717, 1.165) is 12.8 Å². The first-order valence-corrected chi connectivity index (χ1v) is 8.85. The fraction of sp³-hybridized carbons (Fsp3) is 0.600. The van der Waals surface area contributed by atoms with Crippen LogP contribution >= 0.6 is 0 Å². The number of esters is 1. The summed E-state index contributed by atoms with van der Waals surface area (Å²) in [5.74, 6) is -1.51. The van der Waals surface area contributed by atoms with Crippen molar-refractivity contribution in [3.63, 3.8) is 0 Å². The fourth-order valence-electron chi connectivity index (χ4n) is 4.81. The average molecular weight is 346 g/mol. The van der Waals surface area contributed by atoms with Gasteiger partial charge in [-0.15, -0.1) is 0 Å². The van der Waals surface area contributed by atoms with Gasteiger partial charge in [-0.05, 0) is 59.0 Å². The number of carboxylic acids is 1. The molecule has 136 valence electrons. The second-order valence-corrected chi connectivity index (χ2v) is 7.94. The second kappa shape index (κ2) is 5.84. The molecule has 25 heavy (non-hydrogen) atoms. The van der Waals surface area contributed by atoms with Crippen molar-refractivity contribution in [1.82, 2.24) is 0 Å². The summed E-state index contributed by atoms with van der Waals surface area (Å²) in [6.45, 7) is 5.36. The van der Waals surface area contributed by atoms with Gasteiger partial charge in [-0.1, -0.05) is 23.8 Å². The molecule has 1 aliphatic heterocycles. The van der Waals surface area contributed by atoms with Crippen LogP contribution < -0.4 is 0 Å². The Hall–Kier alpha value is -1.88. The predicted octanol–water partition coefficient (Wildman–Crippen LogP) is 3.15. The van der Waals surface area contributed by atoms with Crippen molar-refractivity contribution in [3.8, 4) is 0 Å². The van der Waals surface area contributed by atoms with E-state index in [9.17, 15) is 14.7 Å². The van der Waals surface area contributed by atoms with Gasteiger partial charge in [0.15, 0.2) is 0 Å². The summed E-state index contributed by atoms with van der Waals surface area (Å²) in [6.07, 6.45) is 10.1. The zero-order chi connectivity index (χ0) is 18.5. The summed E-state index contributed by atoms with van der Waals surface area (Å²) in [4.78, 5) is 23.9. The Kier molecular flexibility index (Phi) is 4.18. The minimum absolute atomic E-state index is 0.188. The third-order valence-electron chi connectivity index (χ3n) is 6.47. The van der Waals surface area contributed by atoms with Crippen LogP contribution in [0.3, 0.4) is 0 Å². The van der Waals surface area contributed by atoms with Gasteiger partial charge in [0, 0.05) is 11.5 Å². The molecule has 2 N–H and O–H groups in total. The Bertz CT molecular complexity index is 703. The lowest BCUT2D eigenvalue weighted by atomic mass is 9.62. The van der Waals surface area contributed by atoms with Crippen molar-refractivity contribution in [1.29, 1.82) is 0 Å². The molecule has 1 saturated heterocycles. The number of carboxylic acid groups (broad SMARTS) is 1. The van der Waals surface area contributed by atoms with Crippen LogP contribution in [0.15, 0.2) is 35.5 Å². The summed E-state index contributed by atoms with van der Waals surface area (Å²) in [7, 11) is 0. The van der Waals surface area contributed by atoms with Crippen molar-refractivity contribution in [2.45, 2.75) is 64.1 Å². The normalized spacial score (nSPS) is 41.1. The van der Waals surface area contributed by atoms with E-state index in [1.165, 1.54) is 18.6 Å². The summed E-state index contributed by atoms with van der Waals surface area (Å²) in [6, 6.07) is 0. The Balaban J connectivity index is 1.97. The lowest BCUT2D eigenvalue weighted by molar-refractivity contribution is -0.224. The van der Waals surface area contributed by atoms with E-state index in [0.29, 0.717) is 19.3 Å². The fourth-order valence-corrected chi connectivity index (χ4v) is 4.81. The summed E-state index contributed by atoms with van der Waals surface area (Å²) in [5.41, 5.74) is -1.44. The number of allylic oxidation sites excluding steroid dienone is 4. The van der Waals surface area contributed by atoms with Crippen molar-refractivity contribution < 1.29 is 24.5 Å². The van der Waals surface area contributed by atoms with E-state index in [2.05, 4.69) is 6.08 Å². The molecule has 0 radical (unpaired) electrons.